The molecule has 0 aliphatic heterocycles. The third-order valence-corrected chi connectivity index (χ3v) is 4.31. The maximum Gasteiger partial charge on any atom is 0.168 e. The van der Waals surface area contributed by atoms with Gasteiger partial charge in [-0.15, -0.1) is 11.3 Å². The van der Waals surface area contributed by atoms with E-state index in [1.807, 2.05) is 36.6 Å². The molecule has 0 spiro atoms. The van der Waals surface area contributed by atoms with E-state index in [0.717, 1.165) is 20.5 Å². The van der Waals surface area contributed by atoms with Gasteiger partial charge < -0.3 is 0 Å². The molecule has 2 aromatic rings. The molecule has 0 atom stereocenters. The van der Waals surface area contributed by atoms with Gasteiger partial charge in [-0.3, -0.25) is 4.79 Å². The minimum atomic E-state index is 0.0951. The standard InChI is InChI=1S/C13H10BrClOS/c1-8-2-3-9(11(15)4-8)5-12(16)10-6-13(14)17-7-10/h2-4,6-7H,5H2,1H3. The number of halogens is 2. The van der Waals surface area contributed by atoms with Gasteiger partial charge in [-0.2, -0.15) is 0 Å². The number of aryl methyl sites for hydroxylation is 1. The molecule has 0 aliphatic carbocycles. The van der Waals surface area contributed by atoms with Crippen LogP contribution in [0.3, 0.4) is 0 Å². The van der Waals surface area contributed by atoms with Crippen LogP contribution in [0.4, 0.5) is 0 Å². The number of hydrogen-bond donors (Lipinski definition) is 0. The smallest absolute Gasteiger partial charge is 0.168 e. The number of ketones is 1. The summed E-state index contributed by atoms with van der Waals surface area (Å²) in [5.41, 5.74) is 2.72. The summed E-state index contributed by atoms with van der Waals surface area (Å²) in [4.78, 5) is 12.0. The lowest BCUT2D eigenvalue weighted by Gasteiger charge is -2.03. The number of carbonyl (C=O) groups is 1. The zero-order chi connectivity index (χ0) is 12.4. The Kier molecular flexibility index (Phi) is 4.02. The van der Waals surface area contributed by atoms with Gasteiger partial charge >= 0.3 is 0 Å². The van der Waals surface area contributed by atoms with E-state index in [9.17, 15) is 4.79 Å². The SMILES string of the molecule is Cc1ccc(CC(=O)c2csc(Br)c2)c(Cl)c1. The van der Waals surface area contributed by atoms with Gasteiger partial charge in [0.1, 0.15) is 0 Å². The maximum atomic E-state index is 12.0. The third-order valence-electron chi connectivity index (χ3n) is 2.45. The molecule has 0 bridgehead atoms. The molecular weight excluding hydrogens is 320 g/mol. The summed E-state index contributed by atoms with van der Waals surface area (Å²) < 4.78 is 0.968. The van der Waals surface area contributed by atoms with E-state index >= 15 is 0 Å². The number of rotatable bonds is 3. The fourth-order valence-electron chi connectivity index (χ4n) is 1.53. The number of carbonyl (C=O) groups excluding carboxylic acids is 1. The zero-order valence-corrected chi connectivity index (χ0v) is 12.3. The van der Waals surface area contributed by atoms with Crippen LogP contribution in [0.2, 0.25) is 5.02 Å². The van der Waals surface area contributed by atoms with Crippen LogP contribution in [0.5, 0.6) is 0 Å². The van der Waals surface area contributed by atoms with Gasteiger partial charge in [0.15, 0.2) is 5.78 Å². The van der Waals surface area contributed by atoms with Crippen LogP contribution in [0.1, 0.15) is 21.5 Å². The minimum absolute atomic E-state index is 0.0951. The van der Waals surface area contributed by atoms with Gasteiger partial charge in [0, 0.05) is 22.4 Å². The quantitative estimate of drug-likeness (QED) is 0.732. The van der Waals surface area contributed by atoms with Crippen molar-refractivity contribution in [1.29, 1.82) is 0 Å². The molecule has 0 aliphatic rings. The summed E-state index contributed by atoms with van der Waals surface area (Å²) >= 11 is 11.0. The second-order valence-corrected chi connectivity index (χ2v) is 6.53. The van der Waals surface area contributed by atoms with Crippen molar-refractivity contribution in [1.82, 2.24) is 0 Å². The lowest BCUT2D eigenvalue weighted by atomic mass is 10.0. The molecule has 0 radical (unpaired) electrons. The van der Waals surface area contributed by atoms with Crippen LogP contribution in [0.25, 0.3) is 0 Å². The lowest BCUT2D eigenvalue weighted by Crippen LogP contribution is -2.02. The summed E-state index contributed by atoms with van der Waals surface area (Å²) in [6, 6.07) is 7.61. The van der Waals surface area contributed by atoms with Gasteiger partial charge in [0.25, 0.3) is 0 Å². The van der Waals surface area contributed by atoms with Crippen LogP contribution < -0.4 is 0 Å². The zero-order valence-electron chi connectivity index (χ0n) is 9.17. The number of hydrogen-bond acceptors (Lipinski definition) is 2. The van der Waals surface area contributed by atoms with Gasteiger partial charge in [-0.1, -0.05) is 23.7 Å². The predicted octanol–water partition coefficient (Wildman–Crippen LogP) is 4.90. The van der Waals surface area contributed by atoms with Gasteiger partial charge in [0.2, 0.25) is 0 Å². The van der Waals surface area contributed by atoms with Crippen LogP contribution >= 0.6 is 38.9 Å². The third kappa shape index (κ3) is 3.18. The first-order valence-corrected chi connectivity index (χ1v) is 7.13. The number of thiophene rings is 1. The molecule has 0 saturated heterocycles. The first-order chi connectivity index (χ1) is 8.06. The Morgan fingerprint density at radius 2 is 2.18 bits per heavy atom. The molecule has 4 heteroatoms. The molecule has 1 heterocycles. The maximum absolute atomic E-state index is 12.0. The van der Waals surface area contributed by atoms with Crippen molar-refractivity contribution in [2.45, 2.75) is 13.3 Å². The molecule has 1 nitrogen and oxygen atoms in total. The van der Waals surface area contributed by atoms with Gasteiger partial charge in [-0.05, 0) is 46.1 Å². The van der Waals surface area contributed by atoms with Crippen LogP contribution in [0.15, 0.2) is 33.4 Å². The highest BCUT2D eigenvalue weighted by molar-refractivity contribution is 9.11. The second-order valence-electron chi connectivity index (χ2n) is 3.83. The molecule has 0 amide bonds. The second kappa shape index (κ2) is 5.34. The minimum Gasteiger partial charge on any atom is -0.294 e. The Hall–Kier alpha value is -0.640. The summed E-state index contributed by atoms with van der Waals surface area (Å²) in [6.45, 7) is 1.98. The topological polar surface area (TPSA) is 17.1 Å². The summed E-state index contributed by atoms with van der Waals surface area (Å²) in [6.07, 6.45) is 0.349. The molecule has 0 unspecified atom stereocenters. The summed E-state index contributed by atoms with van der Waals surface area (Å²) in [5, 5.41) is 2.52. The first kappa shape index (κ1) is 12.8. The molecular formula is C13H10BrClOS. The summed E-state index contributed by atoms with van der Waals surface area (Å²) in [7, 11) is 0. The van der Waals surface area contributed by atoms with E-state index in [-0.39, 0.29) is 5.78 Å². The van der Waals surface area contributed by atoms with Crippen molar-refractivity contribution in [2.24, 2.45) is 0 Å². The average molecular weight is 330 g/mol. The van der Waals surface area contributed by atoms with Crippen molar-refractivity contribution in [2.75, 3.05) is 0 Å². The van der Waals surface area contributed by atoms with E-state index in [1.165, 1.54) is 11.3 Å². The molecule has 17 heavy (non-hydrogen) atoms. The van der Waals surface area contributed by atoms with E-state index < -0.39 is 0 Å². The van der Waals surface area contributed by atoms with Crippen LogP contribution in [-0.4, -0.2) is 5.78 Å². The Morgan fingerprint density at radius 1 is 1.41 bits per heavy atom. The largest absolute Gasteiger partial charge is 0.294 e. The molecule has 2 rings (SSSR count). The van der Waals surface area contributed by atoms with Gasteiger partial charge in [-0.25, -0.2) is 0 Å². The van der Waals surface area contributed by atoms with Crippen molar-refractivity contribution >= 4 is 44.7 Å². The Balaban J connectivity index is 2.18. The van der Waals surface area contributed by atoms with Crippen molar-refractivity contribution in [3.8, 4) is 0 Å². The summed E-state index contributed by atoms with van der Waals surface area (Å²) in [5.74, 6) is 0.0951. The van der Waals surface area contributed by atoms with Crippen molar-refractivity contribution in [3.05, 3.63) is 55.1 Å². The normalized spacial score (nSPS) is 10.5. The predicted molar refractivity (Wildman–Crippen MR) is 76.2 cm³/mol. The molecule has 0 fully saturated rings. The van der Waals surface area contributed by atoms with E-state index in [0.29, 0.717) is 11.4 Å². The first-order valence-electron chi connectivity index (χ1n) is 5.08. The highest BCUT2D eigenvalue weighted by atomic mass is 79.9. The highest BCUT2D eigenvalue weighted by Crippen LogP contribution is 2.24. The molecule has 1 aromatic carbocycles. The van der Waals surface area contributed by atoms with E-state index in [2.05, 4.69) is 15.9 Å². The fraction of sp³-hybridized carbons (Fsp3) is 0.154. The van der Waals surface area contributed by atoms with E-state index in [1.54, 1.807) is 0 Å². The Morgan fingerprint density at radius 3 is 2.76 bits per heavy atom. The molecule has 1 aromatic heterocycles. The molecule has 0 N–H and O–H groups in total. The lowest BCUT2D eigenvalue weighted by molar-refractivity contribution is 0.0993. The van der Waals surface area contributed by atoms with Gasteiger partial charge in [0.05, 0.1) is 3.79 Å². The number of benzene rings is 1. The molecule has 0 saturated carbocycles. The fourth-order valence-corrected chi connectivity index (χ4v) is 2.99. The highest BCUT2D eigenvalue weighted by Gasteiger charge is 2.11. The van der Waals surface area contributed by atoms with Crippen molar-refractivity contribution in [3.63, 3.8) is 0 Å². The Bertz CT molecular complexity index is 562. The van der Waals surface area contributed by atoms with Crippen molar-refractivity contribution < 1.29 is 4.79 Å². The molecule has 88 valence electrons. The van der Waals surface area contributed by atoms with E-state index in [4.69, 9.17) is 11.6 Å². The monoisotopic (exact) mass is 328 g/mol. The average Bonchev–Trinajstić information content (AvgIpc) is 2.69. The van der Waals surface area contributed by atoms with Crippen LogP contribution in [-0.2, 0) is 6.42 Å². The number of Topliss-reactive ketones (excluding diaryl/α,β-unsaturated/α-hetero) is 1. The van der Waals surface area contributed by atoms with Crippen LogP contribution in [0, 0.1) is 6.92 Å². The Labute approximate surface area is 118 Å².